The molecule has 0 spiro atoms. The predicted octanol–water partition coefficient (Wildman–Crippen LogP) is 36.8. The van der Waals surface area contributed by atoms with Crippen molar-refractivity contribution in [2.45, 2.75) is 0 Å². The fourth-order valence-electron chi connectivity index (χ4n) is 24.0. The van der Waals surface area contributed by atoms with Crippen LogP contribution in [0.1, 0.15) is 0 Å². The molecule has 8 aromatic heterocycles. The first-order valence-corrected chi connectivity index (χ1v) is 50.6. The second kappa shape index (κ2) is 32.1. The molecule has 0 fully saturated rings. The number of fused-ring (bicyclic) bond motifs is 30. The topological polar surface area (TPSA) is 84.4 Å². The van der Waals surface area contributed by atoms with Gasteiger partial charge in [-0.05, 0) is 254 Å². The Morgan fingerprint density at radius 1 is 0.171 bits per heavy atom. The van der Waals surface area contributed by atoms with Crippen molar-refractivity contribution >= 4 is 227 Å². The van der Waals surface area contributed by atoms with Crippen LogP contribution in [0.25, 0.3) is 306 Å². The minimum Gasteiger partial charge on any atom is -0.456 e. The summed E-state index contributed by atoms with van der Waals surface area (Å²) in [6.45, 7) is 0. The predicted molar refractivity (Wildman–Crippen MR) is 614 cm³/mol. The molecule has 0 aliphatic heterocycles. The number of nitrogens with zero attached hydrogens (tertiary/aromatic N) is 8. The summed E-state index contributed by atoms with van der Waals surface area (Å²) in [5, 5.41) is 33.3. The largest absolute Gasteiger partial charge is 0.456 e. The molecule has 24 aromatic carbocycles. The minimum absolute atomic E-state index is 0.622. The summed E-state index contributed by atoms with van der Waals surface area (Å²) >= 11 is 1.87. The Kier molecular flexibility index (Phi) is 18.0. The summed E-state index contributed by atoms with van der Waals surface area (Å²) in [5.74, 6) is 1.25. The molecule has 32 rings (SSSR count). The second-order valence-electron chi connectivity index (χ2n) is 38.5. The van der Waals surface area contributed by atoms with Crippen LogP contribution in [0.15, 0.2) is 490 Å². The van der Waals surface area contributed by atoms with Crippen LogP contribution in [-0.2, 0) is 0 Å². The van der Waals surface area contributed by atoms with Crippen molar-refractivity contribution in [1.29, 1.82) is 0 Å². The summed E-state index contributed by atoms with van der Waals surface area (Å²) in [5.41, 5.74) is 25.4. The average Bonchev–Trinajstić information content (AvgIpc) is 1.43. The van der Waals surface area contributed by atoms with Gasteiger partial charge in [0.05, 0.1) is 77.3 Å². The molecule has 0 bridgehead atoms. The van der Waals surface area contributed by atoms with Crippen LogP contribution >= 0.6 is 11.3 Å². The SMILES string of the molecule is c1ccc2c(c1)cc(-c1cc(-c3cc4ccccc4c4ccccc34)nc(-n3c4ccccc4c4cc(-c5ccc6c(c5)c5ccccc5n6-c5ccc6oc7ccccc7c6c5)ccc43)n1)c1ccccc12.c1ccc2c(c1)cc(-c1cc(-c3cc4ccccc4c4ccccc34)nc(-n3c4ccccc4c4cc(-c5ccc6c(c5)c5ccccc5n6-c5cccc6c5sc5ccccc56)ccc43)n1)c1ccccc12. The molecule has 0 radical (unpaired) electrons. The van der Waals surface area contributed by atoms with Crippen molar-refractivity contribution in [3.8, 4) is 90.6 Å². The maximum absolute atomic E-state index is 6.23. The zero-order valence-electron chi connectivity index (χ0n) is 78.6. The maximum atomic E-state index is 6.23. The van der Waals surface area contributed by atoms with E-state index in [0.717, 1.165) is 166 Å². The maximum Gasteiger partial charge on any atom is 0.235 e. The summed E-state index contributed by atoms with van der Waals surface area (Å²) in [7, 11) is 0. The Labute approximate surface area is 839 Å². The molecule has 0 atom stereocenters. The quantitative estimate of drug-likeness (QED) is 0.127. The second-order valence-corrected chi connectivity index (χ2v) is 39.6. The van der Waals surface area contributed by atoms with Gasteiger partial charge in [0.2, 0.25) is 11.9 Å². The van der Waals surface area contributed by atoms with Crippen LogP contribution in [0.5, 0.6) is 0 Å². The van der Waals surface area contributed by atoms with Gasteiger partial charge in [0.25, 0.3) is 0 Å². The molecule has 0 N–H and O–H groups in total. The highest BCUT2D eigenvalue weighted by molar-refractivity contribution is 7.26. The molecule has 0 aliphatic rings. The number of para-hydroxylation sites is 5. The summed E-state index contributed by atoms with van der Waals surface area (Å²) < 4.78 is 18.2. The summed E-state index contributed by atoms with van der Waals surface area (Å²) in [6.07, 6.45) is 0. The number of rotatable bonds is 10. The van der Waals surface area contributed by atoms with Crippen molar-refractivity contribution in [1.82, 2.24) is 38.2 Å². The smallest absolute Gasteiger partial charge is 0.235 e. The first-order valence-electron chi connectivity index (χ1n) is 49.8. The van der Waals surface area contributed by atoms with Gasteiger partial charge >= 0.3 is 0 Å². The van der Waals surface area contributed by atoms with Gasteiger partial charge < -0.3 is 13.6 Å². The highest BCUT2D eigenvalue weighted by Gasteiger charge is 2.28. The van der Waals surface area contributed by atoms with Crippen molar-refractivity contribution in [3.05, 3.63) is 485 Å². The van der Waals surface area contributed by atoms with E-state index in [9.17, 15) is 0 Å². The lowest BCUT2D eigenvalue weighted by atomic mass is 9.93. The van der Waals surface area contributed by atoms with Crippen LogP contribution in [0.2, 0.25) is 0 Å². The van der Waals surface area contributed by atoms with E-state index < -0.39 is 0 Å². The van der Waals surface area contributed by atoms with Gasteiger partial charge in [0.15, 0.2) is 0 Å². The van der Waals surface area contributed by atoms with Gasteiger partial charge in [0, 0.05) is 97.3 Å². The molecule has 32 aromatic rings. The fourth-order valence-corrected chi connectivity index (χ4v) is 25.2. The number of thiophene rings is 1. The number of hydrogen-bond donors (Lipinski definition) is 0. The molecule has 0 unspecified atom stereocenters. The van der Waals surface area contributed by atoms with E-state index in [4.69, 9.17) is 24.4 Å². The molecular formula is C136H80N8OS. The van der Waals surface area contributed by atoms with Crippen molar-refractivity contribution < 1.29 is 4.42 Å². The Morgan fingerprint density at radius 2 is 0.459 bits per heavy atom. The van der Waals surface area contributed by atoms with E-state index in [1.54, 1.807) is 0 Å². The third kappa shape index (κ3) is 12.6. The average molecular weight is 1870 g/mol. The monoisotopic (exact) mass is 1870 g/mol. The van der Waals surface area contributed by atoms with Gasteiger partial charge in [-0.15, -0.1) is 11.3 Å². The van der Waals surface area contributed by atoms with Gasteiger partial charge in [-0.1, -0.05) is 340 Å². The van der Waals surface area contributed by atoms with Crippen LogP contribution in [0.3, 0.4) is 0 Å². The van der Waals surface area contributed by atoms with E-state index in [0.29, 0.717) is 11.9 Å². The first-order chi connectivity index (χ1) is 72.4. The number of furan rings is 1. The molecule has 9 nitrogen and oxygen atoms in total. The number of aromatic nitrogens is 8. The minimum atomic E-state index is 0.622. The third-order valence-electron chi connectivity index (χ3n) is 30.6. The third-order valence-corrected chi connectivity index (χ3v) is 31.8. The molecule has 0 saturated heterocycles. The molecule has 676 valence electrons. The number of hydrogen-bond acceptors (Lipinski definition) is 6. The fraction of sp³-hybridized carbons (Fsp3) is 0. The summed E-state index contributed by atoms with van der Waals surface area (Å²) in [4.78, 5) is 22.5. The molecule has 10 heteroatoms. The van der Waals surface area contributed by atoms with Crippen molar-refractivity contribution in [3.63, 3.8) is 0 Å². The Bertz CT molecular complexity index is 11000. The van der Waals surface area contributed by atoms with Gasteiger partial charge in [-0.3, -0.25) is 9.13 Å². The van der Waals surface area contributed by atoms with Crippen LogP contribution < -0.4 is 0 Å². The van der Waals surface area contributed by atoms with E-state index >= 15 is 0 Å². The lowest BCUT2D eigenvalue weighted by Gasteiger charge is -2.16. The van der Waals surface area contributed by atoms with Crippen LogP contribution in [0, 0.1) is 0 Å². The van der Waals surface area contributed by atoms with Crippen LogP contribution in [-0.4, -0.2) is 38.2 Å². The van der Waals surface area contributed by atoms with E-state index in [1.807, 2.05) is 23.5 Å². The normalized spacial score (nSPS) is 12.1. The lowest BCUT2D eigenvalue weighted by molar-refractivity contribution is 0.669. The first kappa shape index (κ1) is 81.6. The van der Waals surface area contributed by atoms with Crippen LogP contribution in [0.4, 0.5) is 0 Å². The van der Waals surface area contributed by atoms with Gasteiger partial charge in [-0.2, -0.15) is 0 Å². The Hall–Kier alpha value is -19.3. The Morgan fingerprint density at radius 3 is 0.856 bits per heavy atom. The molecule has 0 amide bonds. The van der Waals surface area contributed by atoms with Gasteiger partial charge in [0.1, 0.15) is 11.2 Å². The van der Waals surface area contributed by atoms with E-state index in [2.05, 4.69) is 491 Å². The highest BCUT2D eigenvalue weighted by atomic mass is 32.1. The standard InChI is InChI=1S/C68H40N4O.C68H40N4S/c1-3-17-46-43(15-1)37-55(50-21-7-5-19-48(46)50)60-40-61(56-38-44-16-2-4-18-47(44)49-20-6-8-22-51(49)56)70-68(69-60)72-63-27-13-10-24-53(63)58-36-42(30-33-65(58)72)41-29-32-64-57(35-41)52-23-9-12-26-62(52)71(64)45-31-34-67-59(39-45)54-25-11-14-28-66(54)73-67;1-3-18-45-43(16-1)38-55(49-22-7-5-20-47(45)49)59-40-60(56-39-44-17-2-4-19-46(44)48-21-6-8-23-50(48)56)70-68(69-59)72-62-29-13-10-25-52(62)58-37-42(33-35-64(58)72)41-32-34-63-57(36-41)51-24-9-12-28-61(51)71(63)65-30-15-27-54-53-26-11-14-31-66(53)73-67(54)65/h2*1-40H. The summed E-state index contributed by atoms with van der Waals surface area (Å²) in [6, 6.07) is 176. The number of benzene rings is 24. The lowest BCUT2D eigenvalue weighted by Crippen LogP contribution is -2.04. The van der Waals surface area contributed by atoms with Gasteiger partial charge in [-0.25, -0.2) is 19.9 Å². The zero-order chi connectivity index (χ0) is 95.5. The Balaban J connectivity index is 0.000000133. The molecule has 0 aliphatic carbocycles. The van der Waals surface area contributed by atoms with Crippen molar-refractivity contribution in [2.24, 2.45) is 0 Å². The molecule has 8 heterocycles. The van der Waals surface area contributed by atoms with E-state index in [1.165, 1.54) is 129 Å². The van der Waals surface area contributed by atoms with E-state index in [-0.39, 0.29) is 0 Å². The molecule has 146 heavy (non-hydrogen) atoms. The molecule has 0 saturated carbocycles. The zero-order valence-corrected chi connectivity index (χ0v) is 79.4. The molecular weight excluding hydrogens is 1790 g/mol. The van der Waals surface area contributed by atoms with Crippen molar-refractivity contribution in [2.75, 3.05) is 0 Å². The highest BCUT2D eigenvalue weighted by Crippen LogP contribution is 2.49.